The Kier molecular flexibility index (Phi) is 5.61. The summed E-state index contributed by atoms with van der Waals surface area (Å²) in [4.78, 5) is 11.1. The zero-order chi connectivity index (χ0) is 17.7. The lowest BCUT2D eigenvalue weighted by molar-refractivity contribution is -0.135. The average Bonchev–Trinajstić information content (AvgIpc) is 2.54. The molecule has 0 aliphatic carbocycles. The normalized spacial score (nSPS) is 13.5. The minimum atomic E-state index is -0.302. The van der Waals surface area contributed by atoms with Crippen molar-refractivity contribution in [3.63, 3.8) is 0 Å². The maximum Gasteiger partial charge on any atom is 0.307 e. The SMILES string of the molecule is CC(=O)OC=C(C)C(c1ccccc1)c1ccc(C(C)(C)C)cc1. The number of allylic oxidation sites excluding steroid dienone is 1. The number of esters is 1. The molecule has 0 saturated carbocycles. The molecule has 24 heavy (non-hydrogen) atoms. The molecule has 0 aliphatic heterocycles. The summed E-state index contributed by atoms with van der Waals surface area (Å²) in [5.74, 6) is -0.233. The molecule has 2 rings (SSSR count). The summed E-state index contributed by atoms with van der Waals surface area (Å²) in [6.45, 7) is 10.0. The summed E-state index contributed by atoms with van der Waals surface area (Å²) in [6, 6.07) is 19.0. The minimum Gasteiger partial charge on any atom is -0.435 e. The van der Waals surface area contributed by atoms with E-state index < -0.39 is 0 Å². The fraction of sp³-hybridized carbons (Fsp3) is 0.318. The first-order valence-corrected chi connectivity index (χ1v) is 8.28. The lowest BCUT2D eigenvalue weighted by atomic mass is 9.82. The summed E-state index contributed by atoms with van der Waals surface area (Å²) in [6.07, 6.45) is 1.57. The first-order valence-electron chi connectivity index (χ1n) is 8.28. The van der Waals surface area contributed by atoms with Gasteiger partial charge in [-0.1, -0.05) is 75.4 Å². The summed E-state index contributed by atoms with van der Waals surface area (Å²) < 4.78 is 5.10. The Bertz CT molecular complexity index is 704. The summed E-state index contributed by atoms with van der Waals surface area (Å²) in [5, 5.41) is 0. The van der Waals surface area contributed by atoms with Crippen LogP contribution in [0.3, 0.4) is 0 Å². The van der Waals surface area contributed by atoms with Crippen molar-refractivity contribution in [3.8, 4) is 0 Å². The van der Waals surface area contributed by atoms with Crippen LogP contribution in [-0.2, 0) is 14.9 Å². The summed E-state index contributed by atoms with van der Waals surface area (Å²) >= 11 is 0. The third-order valence-corrected chi connectivity index (χ3v) is 4.11. The number of hydrogen-bond acceptors (Lipinski definition) is 2. The third-order valence-electron chi connectivity index (χ3n) is 4.11. The molecule has 0 aliphatic rings. The van der Waals surface area contributed by atoms with Crippen LogP contribution in [0.15, 0.2) is 66.4 Å². The topological polar surface area (TPSA) is 26.3 Å². The highest BCUT2D eigenvalue weighted by Gasteiger charge is 2.19. The van der Waals surface area contributed by atoms with E-state index >= 15 is 0 Å². The quantitative estimate of drug-likeness (QED) is 0.542. The monoisotopic (exact) mass is 322 g/mol. The lowest BCUT2D eigenvalue weighted by Gasteiger charge is -2.22. The average molecular weight is 322 g/mol. The predicted molar refractivity (Wildman–Crippen MR) is 99.0 cm³/mol. The molecule has 0 aromatic heterocycles. The van der Waals surface area contributed by atoms with Gasteiger partial charge in [0.2, 0.25) is 0 Å². The number of hydrogen-bond donors (Lipinski definition) is 0. The van der Waals surface area contributed by atoms with Gasteiger partial charge in [0.05, 0.1) is 6.26 Å². The zero-order valence-electron chi connectivity index (χ0n) is 15.2. The minimum absolute atomic E-state index is 0.0690. The maximum absolute atomic E-state index is 11.1. The van der Waals surface area contributed by atoms with Gasteiger partial charge < -0.3 is 4.74 Å². The van der Waals surface area contributed by atoms with Crippen LogP contribution >= 0.6 is 0 Å². The molecular formula is C22H26O2. The van der Waals surface area contributed by atoms with Crippen molar-refractivity contribution in [3.05, 3.63) is 83.1 Å². The highest BCUT2D eigenvalue weighted by atomic mass is 16.5. The summed E-state index contributed by atoms with van der Waals surface area (Å²) in [7, 11) is 0. The molecule has 2 heteroatoms. The Morgan fingerprint density at radius 3 is 1.96 bits per heavy atom. The van der Waals surface area contributed by atoms with E-state index in [1.54, 1.807) is 6.26 Å². The van der Waals surface area contributed by atoms with E-state index in [1.165, 1.54) is 23.6 Å². The van der Waals surface area contributed by atoms with Gasteiger partial charge in [-0.3, -0.25) is 4.79 Å². The number of ether oxygens (including phenoxy) is 1. The second-order valence-electron chi connectivity index (χ2n) is 7.19. The van der Waals surface area contributed by atoms with Crippen LogP contribution in [0.4, 0.5) is 0 Å². The highest BCUT2D eigenvalue weighted by molar-refractivity contribution is 5.66. The molecule has 0 bridgehead atoms. The number of carbonyl (C=O) groups is 1. The van der Waals surface area contributed by atoms with Crippen molar-refractivity contribution in [2.75, 3.05) is 0 Å². The maximum atomic E-state index is 11.1. The van der Waals surface area contributed by atoms with Crippen molar-refractivity contribution >= 4 is 5.97 Å². The zero-order valence-corrected chi connectivity index (χ0v) is 15.2. The second kappa shape index (κ2) is 7.48. The fourth-order valence-electron chi connectivity index (χ4n) is 2.78. The van der Waals surface area contributed by atoms with Gasteiger partial charge >= 0.3 is 5.97 Å². The van der Waals surface area contributed by atoms with E-state index in [4.69, 9.17) is 4.74 Å². The molecule has 1 atom stereocenters. The second-order valence-corrected chi connectivity index (χ2v) is 7.19. The largest absolute Gasteiger partial charge is 0.435 e. The molecule has 0 saturated heterocycles. The van der Waals surface area contributed by atoms with Crippen LogP contribution in [0.25, 0.3) is 0 Å². The molecule has 126 valence electrons. The van der Waals surface area contributed by atoms with Gasteiger partial charge in [0.25, 0.3) is 0 Å². The van der Waals surface area contributed by atoms with E-state index in [1.807, 2.05) is 25.1 Å². The molecule has 2 aromatic carbocycles. The van der Waals surface area contributed by atoms with Gasteiger partial charge in [-0.05, 0) is 34.6 Å². The Balaban J connectivity index is 2.43. The molecule has 1 unspecified atom stereocenters. The fourth-order valence-corrected chi connectivity index (χ4v) is 2.78. The van der Waals surface area contributed by atoms with Crippen molar-refractivity contribution in [1.29, 1.82) is 0 Å². The summed E-state index contributed by atoms with van der Waals surface area (Å²) in [5.41, 5.74) is 4.81. The van der Waals surface area contributed by atoms with Gasteiger partial charge in [-0.25, -0.2) is 0 Å². The molecular weight excluding hydrogens is 296 g/mol. The van der Waals surface area contributed by atoms with E-state index in [9.17, 15) is 4.79 Å². The van der Waals surface area contributed by atoms with Crippen molar-refractivity contribution in [2.45, 2.75) is 46.0 Å². The standard InChI is InChI=1S/C22H26O2/c1-16(15-24-17(2)23)21(18-9-7-6-8-10-18)19-11-13-20(14-12-19)22(3,4)5/h6-15,21H,1-5H3. The molecule has 0 radical (unpaired) electrons. The van der Waals surface area contributed by atoms with E-state index in [0.717, 1.165) is 5.57 Å². The van der Waals surface area contributed by atoms with Crippen molar-refractivity contribution in [2.24, 2.45) is 0 Å². The van der Waals surface area contributed by atoms with Crippen LogP contribution in [0.5, 0.6) is 0 Å². The number of carbonyl (C=O) groups excluding carboxylic acids is 1. The smallest absolute Gasteiger partial charge is 0.307 e. The van der Waals surface area contributed by atoms with Gasteiger partial charge in [-0.15, -0.1) is 0 Å². The highest BCUT2D eigenvalue weighted by Crippen LogP contribution is 2.33. The first kappa shape index (κ1) is 18.0. The Morgan fingerprint density at radius 1 is 0.917 bits per heavy atom. The van der Waals surface area contributed by atoms with E-state index in [2.05, 4.69) is 57.2 Å². The molecule has 0 heterocycles. The van der Waals surface area contributed by atoms with Gasteiger partial charge in [-0.2, -0.15) is 0 Å². The molecule has 0 amide bonds. The van der Waals surface area contributed by atoms with Crippen LogP contribution in [0.1, 0.15) is 57.2 Å². The van der Waals surface area contributed by atoms with Gasteiger partial charge in [0.1, 0.15) is 0 Å². The third kappa shape index (κ3) is 4.58. The Hall–Kier alpha value is -2.35. The van der Waals surface area contributed by atoms with Gasteiger partial charge in [0, 0.05) is 12.8 Å². The van der Waals surface area contributed by atoms with Crippen LogP contribution in [0, 0.1) is 0 Å². The van der Waals surface area contributed by atoms with Crippen molar-refractivity contribution < 1.29 is 9.53 Å². The molecule has 0 fully saturated rings. The molecule has 2 nitrogen and oxygen atoms in total. The van der Waals surface area contributed by atoms with E-state index in [0.29, 0.717) is 0 Å². The molecule has 2 aromatic rings. The Labute approximate surface area is 145 Å². The lowest BCUT2D eigenvalue weighted by Crippen LogP contribution is -2.11. The number of benzene rings is 2. The first-order chi connectivity index (χ1) is 11.3. The molecule has 0 spiro atoms. The predicted octanol–water partition coefficient (Wildman–Crippen LogP) is 5.58. The number of rotatable bonds is 4. The van der Waals surface area contributed by atoms with Crippen LogP contribution in [0.2, 0.25) is 0 Å². The Morgan fingerprint density at radius 2 is 1.46 bits per heavy atom. The van der Waals surface area contributed by atoms with Crippen LogP contribution < -0.4 is 0 Å². The van der Waals surface area contributed by atoms with E-state index in [-0.39, 0.29) is 17.3 Å². The molecule has 0 N–H and O–H groups in total. The van der Waals surface area contributed by atoms with Gasteiger partial charge in [0.15, 0.2) is 0 Å². The van der Waals surface area contributed by atoms with Crippen LogP contribution in [-0.4, -0.2) is 5.97 Å². The van der Waals surface area contributed by atoms with Crippen molar-refractivity contribution in [1.82, 2.24) is 0 Å².